The lowest BCUT2D eigenvalue weighted by Gasteiger charge is -2.07. The fraction of sp³-hybridized carbons (Fsp3) is 0.0909. The summed E-state index contributed by atoms with van der Waals surface area (Å²) >= 11 is 19.1. The van der Waals surface area contributed by atoms with Crippen molar-refractivity contribution < 1.29 is 14.0 Å². The minimum atomic E-state index is -0.603. The van der Waals surface area contributed by atoms with Gasteiger partial charge in [-0.05, 0) is 54.6 Å². The number of halogens is 3. The van der Waals surface area contributed by atoms with Crippen LogP contribution in [0.25, 0.3) is 11.3 Å². The number of carbonyl (C=O) groups is 2. The van der Waals surface area contributed by atoms with Crippen LogP contribution in [0.3, 0.4) is 0 Å². The number of nitrogens with one attached hydrogen (secondary N) is 2. The maximum absolute atomic E-state index is 12.2. The van der Waals surface area contributed by atoms with Crippen molar-refractivity contribution in [3.63, 3.8) is 0 Å². The number of thioether (sulfide) groups is 1. The molecule has 1 aromatic heterocycles. The van der Waals surface area contributed by atoms with Gasteiger partial charge in [0, 0.05) is 27.7 Å². The smallest absolute Gasteiger partial charge is 0.240 e. The molecule has 7 nitrogen and oxygen atoms in total. The third-order valence-electron chi connectivity index (χ3n) is 4.43. The van der Waals surface area contributed by atoms with Crippen LogP contribution in [0.5, 0.6) is 0 Å². The van der Waals surface area contributed by atoms with E-state index in [1.807, 2.05) is 0 Å². The van der Waals surface area contributed by atoms with E-state index >= 15 is 0 Å². The summed E-state index contributed by atoms with van der Waals surface area (Å²) in [5, 5.41) is 14.6. The van der Waals surface area contributed by atoms with Gasteiger partial charge < -0.3 is 15.1 Å². The molecule has 0 spiro atoms. The number of nitrogens with zero attached hydrogens (tertiary/aromatic N) is 2. The molecule has 2 N–H and O–H groups in total. The fourth-order valence-corrected chi connectivity index (χ4v) is 4.45. The molecule has 0 saturated carbocycles. The minimum Gasteiger partial charge on any atom is -0.455 e. The van der Waals surface area contributed by atoms with Gasteiger partial charge in [0.1, 0.15) is 16.8 Å². The van der Waals surface area contributed by atoms with Crippen molar-refractivity contribution >= 4 is 75.4 Å². The zero-order valence-electron chi connectivity index (χ0n) is 16.7. The Morgan fingerprint density at radius 1 is 1.09 bits per heavy atom. The van der Waals surface area contributed by atoms with Crippen LogP contribution in [0.4, 0.5) is 5.69 Å². The topological polar surface area (TPSA) is 96.1 Å². The maximum Gasteiger partial charge on any atom is 0.240 e. The van der Waals surface area contributed by atoms with Crippen LogP contribution in [0, 0.1) is 0 Å². The van der Waals surface area contributed by atoms with E-state index in [4.69, 9.17) is 39.2 Å². The van der Waals surface area contributed by atoms with Crippen molar-refractivity contribution in [2.24, 2.45) is 10.2 Å². The van der Waals surface area contributed by atoms with E-state index in [9.17, 15) is 9.59 Å². The molecular formula is C22H15Cl3N4O3S. The second-order valence-corrected chi connectivity index (χ2v) is 9.30. The summed E-state index contributed by atoms with van der Waals surface area (Å²) in [6, 6.07) is 15.3. The highest BCUT2D eigenvalue weighted by Crippen LogP contribution is 2.31. The van der Waals surface area contributed by atoms with Gasteiger partial charge in [-0.15, -0.1) is 5.10 Å². The Labute approximate surface area is 208 Å². The first-order valence-electron chi connectivity index (χ1n) is 9.56. The number of rotatable bonds is 6. The van der Waals surface area contributed by atoms with Crippen LogP contribution >= 0.6 is 46.6 Å². The lowest BCUT2D eigenvalue weighted by atomic mass is 10.2. The van der Waals surface area contributed by atoms with E-state index < -0.39 is 5.25 Å². The number of hydrogen-bond donors (Lipinski definition) is 2. The van der Waals surface area contributed by atoms with Gasteiger partial charge in [-0.2, -0.15) is 5.10 Å². The summed E-state index contributed by atoms with van der Waals surface area (Å²) in [5.41, 5.74) is 1.30. The molecule has 0 radical (unpaired) electrons. The van der Waals surface area contributed by atoms with E-state index in [-0.39, 0.29) is 18.2 Å². The van der Waals surface area contributed by atoms with Gasteiger partial charge in [0.05, 0.1) is 11.2 Å². The van der Waals surface area contributed by atoms with Crippen LogP contribution < -0.4 is 10.6 Å². The summed E-state index contributed by atoms with van der Waals surface area (Å²) in [5.74, 6) is 0.409. The molecule has 168 valence electrons. The van der Waals surface area contributed by atoms with Crippen molar-refractivity contribution in [2.45, 2.75) is 11.7 Å². The Morgan fingerprint density at radius 2 is 1.85 bits per heavy atom. The molecule has 33 heavy (non-hydrogen) atoms. The molecule has 1 unspecified atom stereocenters. The van der Waals surface area contributed by atoms with Gasteiger partial charge >= 0.3 is 0 Å². The van der Waals surface area contributed by atoms with Gasteiger partial charge in [0.15, 0.2) is 5.17 Å². The number of carbonyl (C=O) groups excluding carboxylic acids is 2. The molecular weight excluding hydrogens is 507 g/mol. The molecule has 1 aliphatic heterocycles. The number of furan rings is 1. The standard InChI is InChI=1S/C22H15Cl3N4O3S/c23-12-1-4-14(5-2-12)27-20(30)10-19-21(31)28-22(33-19)29-26-11-15-6-8-18(32-15)16-7-3-13(24)9-17(16)25/h1-9,11,19H,10H2,(H,27,30)(H,28,29,31)/b26-11+. The summed E-state index contributed by atoms with van der Waals surface area (Å²) < 4.78 is 5.71. The predicted octanol–water partition coefficient (Wildman–Crippen LogP) is 5.86. The highest BCUT2D eigenvalue weighted by molar-refractivity contribution is 8.15. The van der Waals surface area contributed by atoms with Gasteiger partial charge in [0.25, 0.3) is 0 Å². The van der Waals surface area contributed by atoms with E-state index in [0.29, 0.717) is 43.0 Å². The number of amidine groups is 1. The van der Waals surface area contributed by atoms with Crippen molar-refractivity contribution in [1.29, 1.82) is 0 Å². The molecule has 2 amide bonds. The van der Waals surface area contributed by atoms with Crippen LogP contribution in [0.1, 0.15) is 12.2 Å². The molecule has 0 bridgehead atoms. The highest BCUT2D eigenvalue weighted by Gasteiger charge is 2.32. The van der Waals surface area contributed by atoms with Gasteiger partial charge in [0.2, 0.25) is 11.8 Å². The molecule has 2 aromatic carbocycles. The fourth-order valence-electron chi connectivity index (χ4n) is 2.89. The number of benzene rings is 2. The second-order valence-electron chi connectivity index (χ2n) is 6.83. The summed E-state index contributed by atoms with van der Waals surface area (Å²) in [6.45, 7) is 0. The maximum atomic E-state index is 12.2. The molecule has 11 heteroatoms. The zero-order chi connectivity index (χ0) is 23.4. The number of anilines is 1. The first kappa shape index (κ1) is 23.4. The molecule has 0 aliphatic carbocycles. The van der Waals surface area contributed by atoms with Crippen LogP contribution in [0.15, 0.2) is 69.2 Å². The van der Waals surface area contributed by atoms with Crippen molar-refractivity contribution in [2.75, 3.05) is 5.32 Å². The molecule has 1 aliphatic rings. The quantitative estimate of drug-likeness (QED) is 0.314. The average molecular weight is 522 g/mol. The van der Waals surface area contributed by atoms with E-state index in [2.05, 4.69) is 20.8 Å². The summed E-state index contributed by atoms with van der Waals surface area (Å²) in [7, 11) is 0. The molecule has 1 saturated heterocycles. The minimum absolute atomic E-state index is 0.00867. The Balaban J connectivity index is 1.34. The van der Waals surface area contributed by atoms with E-state index in [1.165, 1.54) is 6.21 Å². The average Bonchev–Trinajstić information content (AvgIpc) is 3.36. The Bertz CT molecular complexity index is 1260. The first-order valence-corrected chi connectivity index (χ1v) is 11.6. The largest absolute Gasteiger partial charge is 0.455 e. The molecule has 4 rings (SSSR count). The Kier molecular flexibility index (Phi) is 7.39. The van der Waals surface area contributed by atoms with Gasteiger partial charge in [-0.25, -0.2) is 0 Å². The molecule has 1 atom stereocenters. The van der Waals surface area contributed by atoms with Crippen molar-refractivity contribution in [1.82, 2.24) is 5.32 Å². The van der Waals surface area contributed by atoms with Crippen LogP contribution in [-0.2, 0) is 9.59 Å². The van der Waals surface area contributed by atoms with Crippen molar-refractivity contribution in [3.8, 4) is 11.3 Å². The monoisotopic (exact) mass is 520 g/mol. The lowest BCUT2D eigenvalue weighted by Crippen LogP contribution is -2.28. The molecule has 2 heterocycles. The van der Waals surface area contributed by atoms with Crippen LogP contribution in [0.2, 0.25) is 15.1 Å². The second kappa shape index (κ2) is 10.4. The van der Waals surface area contributed by atoms with E-state index in [0.717, 1.165) is 11.8 Å². The Hall–Kier alpha value is -2.78. The summed E-state index contributed by atoms with van der Waals surface area (Å²) in [4.78, 5) is 24.4. The number of hydrogen-bond acceptors (Lipinski definition) is 6. The SMILES string of the molecule is O=C(CC1S/C(=N/N=C/c2ccc(-c3ccc(Cl)cc3Cl)o2)NC1=O)Nc1ccc(Cl)cc1. The van der Waals surface area contributed by atoms with Crippen LogP contribution in [-0.4, -0.2) is 28.4 Å². The van der Waals surface area contributed by atoms with Gasteiger partial charge in [-0.3, -0.25) is 9.59 Å². The van der Waals surface area contributed by atoms with Crippen molar-refractivity contribution in [3.05, 3.63) is 75.4 Å². The highest BCUT2D eigenvalue weighted by atomic mass is 35.5. The third kappa shape index (κ3) is 6.17. The molecule has 3 aromatic rings. The van der Waals surface area contributed by atoms with Gasteiger partial charge in [-0.1, -0.05) is 46.6 Å². The predicted molar refractivity (Wildman–Crippen MR) is 133 cm³/mol. The Morgan fingerprint density at radius 3 is 2.61 bits per heavy atom. The lowest BCUT2D eigenvalue weighted by molar-refractivity contribution is -0.122. The zero-order valence-corrected chi connectivity index (χ0v) is 19.8. The molecule has 1 fully saturated rings. The normalized spacial score (nSPS) is 17.0. The number of amides is 2. The first-order chi connectivity index (χ1) is 15.9. The third-order valence-corrected chi connectivity index (χ3v) is 6.30. The summed E-state index contributed by atoms with van der Waals surface area (Å²) in [6.07, 6.45) is 1.40. The van der Waals surface area contributed by atoms with E-state index in [1.54, 1.807) is 54.6 Å².